The summed E-state index contributed by atoms with van der Waals surface area (Å²) in [5.74, 6) is 0.0491. The Hall–Kier alpha value is -0.903. The number of fused-ring (bicyclic) bond motifs is 1. The molecule has 18 heavy (non-hydrogen) atoms. The van der Waals surface area contributed by atoms with Gasteiger partial charge in [-0.2, -0.15) is 0 Å². The van der Waals surface area contributed by atoms with Gasteiger partial charge in [0, 0.05) is 14.1 Å². The monoisotopic (exact) mass is 282 g/mol. The molecule has 1 aromatic carbocycles. The largest absolute Gasteiger partial charge is 0.364 e. The van der Waals surface area contributed by atoms with Crippen molar-refractivity contribution in [2.45, 2.75) is 19.6 Å². The van der Waals surface area contributed by atoms with Gasteiger partial charge in [0.25, 0.3) is 5.91 Å². The summed E-state index contributed by atoms with van der Waals surface area (Å²) in [6.07, 6.45) is 0. The van der Waals surface area contributed by atoms with Crippen molar-refractivity contribution in [1.29, 1.82) is 0 Å². The number of carbonyl (C=O) groups is 1. The lowest BCUT2D eigenvalue weighted by Gasteiger charge is -2.42. The predicted molar refractivity (Wildman–Crippen MR) is 78.3 cm³/mol. The van der Waals surface area contributed by atoms with E-state index in [4.69, 9.17) is 4.21 Å². The van der Waals surface area contributed by atoms with E-state index in [0.29, 0.717) is 0 Å². The molecule has 1 aliphatic rings. The van der Waals surface area contributed by atoms with E-state index in [1.807, 2.05) is 38.4 Å². The van der Waals surface area contributed by atoms with Gasteiger partial charge in [0.1, 0.15) is 0 Å². The average Bonchev–Trinajstić information content (AvgIpc) is 2.31. The topological polar surface area (TPSA) is 32.8 Å². The first-order valence-electron chi connectivity index (χ1n) is 5.91. The number of benzene rings is 1. The lowest BCUT2D eigenvalue weighted by atomic mass is 10.1. The fraction of sp³-hybridized carbons (Fsp3) is 0.417. The molecule has 0 fully saturated rings. The predicted octanol–water partition coefficient (Wildman–Crippen LogP) is 3.29. The zero-order valence-electron chi connectivity index (χ0n) is 11.5. The normalized spacial score (nSPS) is 20.1. The lowest BCUT2D eigenvalue weighted by Crippen LogP contribution is -2.39. The van der Waals surface area contributed by atoms with Crippen molar-refractivity contribution < 1.29 is 9.01 Å². The summed E-state index contributed by atoms with van der Waals surface area (Å²) in [6, 6.07) is 7.69. The van der Waals surface area contributed by atoms with Crippen molar-refractivity contribution in [3.8, 4) is 0 Å². The van der Waals surface area contributed by atoms with Gasteiger partial charge in [-0.05, 0) is 31.8 Å². The highest BCUT2D eigenvalue weighted by molar-refractivity contribution is 7.54. The standard InChI is InChI=1S/C12H19N2O2PSi/c1-13-11-9-7-6-8-10(11)12(15)14(2)17(13)16-18(3,4)5/h6-9H,1-5H3. The van der Waals surface area contributed by atoms with Crippen LogP contribution in [0.3, 0.4) is 0 Å². The van der Waals surface area contributed by atoms with Gasteiger partial charge in [0.15, 0.2) is 8.32 Å². The van der Waals surface area contributed by atoms with Gasteiger partial charge in [0.2, 0.25) is 8.45 Å². The number of anilines is 1. The third kappa shape index (κ3) is 2.44. The van der Waals surface area contributed by atoms with Crippen LogP contribution in [-0.4, -0.2) is 33.0 Å². The minimum absolute atomic E-state index is 0.0491. The van der Waals surface area contributed by atoms with E-state index in [1.54, 1.807) is 4.67 Å². The second kappa shape index (κ2) is 4.65. The molecule has 0 aliphatic carbocycles. The highest BCUT2D eigenvalue weighted by atomic mass is 31.2. The second-order valence-corrected chi connectivity index (χ2v) is 12.0. The number of amides is 1. The van der Waals surface area contributed by atoms with Crippen molar-refractivity contribution in [3.63, 3.8) is 0 Å². The molecule has 6 heteroatoms. The minimum Gasteiger partial charge on any atom is -0.364 e. The van der Waals surface area contributed by atoms with Crippen LogP contribution in [0.5, 0.6) is 0 Å². The minimum atomic E-state index is -1.69. The molecule has 98 valence electrons. The third-order valence-corrected chi connectivity index (χ3v) is 6.91. The van der Waals surface area contributed by atoms with E-state index in [-0.39, 0.29) is 5.91 Å². The van der Waals surface area contributed by atoms with Crippen molar-refractivity contribution in [1.82, 2.24) is 4.67 Å². The summed E-state index contributed by atoms with van der Waals surface area (Å²) in [6.45, 7) is 6.42. The number of para-hydroxylation sites is 1. The SMILES string of the molecule is CN1C(=O)c2ccccc2N(C)P1O[Si](C)(C)C. The van der Waals surface area contributed by atoms with Crippen LogP contribution in [-0.2, 0) is 4.21 Å². The van der Waals surface area contributed by atoms with Crippen LogP contribution in [0.25, 0.3) is 0 Å². The van der Waals surface area contributed by atoms with Crippen LogP contribution in [0, 0.1) is 0 Å². The van der Waals surface area contributed by atoms with E-state index in [1.165, 1.54) is 0 Å². The summed E-state index contributed by atoms with van der Waals surface area (Å²) >= 11 is 0. The van der Waals surface area contributed by atoms with Crippen LogP contribution >= 0.6 is 8.45 Å². The highest BCUT2D eigenvalue weighted by Gasteiger charge is 2.37. The molecular weight excluding hydrogens is 263 g/mol. The van der Waals surface area contributed by atoms with Gasteiger partial charge in [0.05, 0.1) is 11.3 Å². The molecular formula is C12H19N2O2PSi. The molecule has 1 aromatic rings. The van der Waals surface area contributed by atoms with E-state index in [9.17, 15) is 4.79 Å². The number of hydrogen-bond donors (Lipinski definition) is 0. The molecule has 0 saturated carbocycles. The van der Waals surface area contributed by atoms with Crippen molar-refractivity contribution in [2.24, 2.45) is 0 Å². The Morgan fingerprint density at radius 3 is 2.33 bits per heavy atom. The number of hydrogen-bond acceptors (Lipinski definition) is 3. The highest BCUT2D eigenvalue weighted by Crippen LogP contribution is 2.53. The van der Waals surface area contributed by atoms with Gasteiger partial charge < -0.3 is 8.88 Å². The summed E-state index contributed by atoms with van der Waals surface area (Å²) in [5.41, 5.74) is 1.71. The van der Waals surface area contributed by atoms with Crippen LogP contribution in [0.2, 0.25) is 19.6 Å². The third-order valence-electron chi connectivity index (χ3n) is 2.65. The number of carbonyl (C=O) groups excluding carboxylic acids is 1. The first-order chi connectivity index (χ1) is 8.31. The van der Waals surface area contributed by atoms with Gasteiger partial charge >= 0.3 is 0 Å². The van der Waals surface area contributed by atoms with Crippen LogP contribution < -0.4 is 4.67 Å². The molecule has 0 radical (unpaired) electrons. The Morgan fingerprint density at radius 1 is 1.11 bits per heavy atom. The van der Waals surface area contributed by atoms with Crippen LogP contribution in [0.4, 0.5) is 5.69 Å². The lowest BCUT2D eigenvalue weighted by molar-refractivity contribution is 0.0877. The molecule has 0 saturated heterocycles. The first-order valence-corrected chi connectivity index (χ1v) is 10.5. The molecule has 1 atom stereocenters. The molecule has 1 heterocycles. The number of nitrogens with zero attached hydrogens (tertiary/aromatic N) is 2. The number of rotatable bonds is 2. The molecule has 4 nitrogen and oxygen atoms in total. The quantitative estimate of drug-likeness (QED) is 0.616. The van der Waals surface area contributed by atoms with Crippen molar-refractivity contribution >= 4 is 28.4 Å². The maximum Gasteiger partial charge on any atom is 0.261 e. The summed E-state index contributed by atoms with van der Waals surface area (Å²) in [5, 5.41) is 0. The fourth-order valence-electron chi connectivity index (χ4n) is 1.85. The molecule has 0 bridgehead atoms. The molecule has 0 aromatic heterocycles. The summed E-state index contributed by atoms with van der Waals surface area (Å²) in [7, 11) is 1.10. The van der Waals surface area contributed by atoms with Crippen molar-refractivity contribution in [2.75, 3.05) is 18.8 Å². The molecule has 2 rings (SSSR count). The molecule has 1 amide bonds. The molecule has 0 N–H and O–H groups in total. The average molecular weight is 282 g/mol. The van der Waals surface area contributed by atoms with Crippen molar-refractivity contribution in [3.05, 3.63) is 29.8 Å². The molecule has 1 unspecified atom stereocenters. The van der Waals surface area contributed by atoms with Gasteiger partial charge in [-0.1, -0.05) is 12.1 Å². The molecule has 0 spiro atoms. The Labute approximate surface area is 111 Å². The Balaban J connectivity index is 2.39. The van der Waals surface area contributed by atoms with Crippen LogP contribution in [0.15, 0.2) is 24.3 Å². The summed E-state index contributed by atoms with van der Waals surface area (Å²) < 4.78 is 9.98. The van der Waals surface area contributed by atoms with Gasteiger partial charge in [-0.15, -0.1) is 0 Å². The van der Waals surface area contributed by atoms with E-state index < -0.39 is 16.8 Å². The van der Waals surface area contributed by atoms with Gasteiger partial charge in [-0.25, -0.2) is 0 Å². The maximum absolute atomic E-state index is 12.3. The molecule has 1 aliphatic heterocycles. The second-order valence-electron chi connectivity index (χ2n) is 5.33. The van der Waals surface area contributed by atoms with E-state index in [0.717, 1.165) is 11.3 Å². The summed E-state index contributed by atoms with van der Waals surface area (Å²) in [4.78, 5) is 12.3. The Kier molecular flexibility index (Phi) is 3.49. The van der Waals surface area contributed by atoms with Crippen LogP contribution in [0.1, 0.15) is 10.4 Å². The Bertz CT molecular complexity index is 475. The maximum atomic E-state index is 12.3. The fourth-order valence-corrected chi connectivity index (χ4v) is 5.81. The van der Waals surface area contributed by atoms with E-state index in [2.05, 4.69) is 24.3 Å². The Morgan fingerprint density at radius 2 is 1.72 bits per heavy atom. The first kappa shape index (κ1) is 13.5. The zero-order chi connectivity index (χ0) is 13.5. The van der Waals surface area contributed by atoms with Gasteiger partial charge in [-0.3, -0.25) is 9.46 Å². The zero-order valence-corrected chi connectivity index (χ0v) is 13.4. The smallest absolute Gasteiger partial charge is 0.261 e. The van der Waals surface area contributed by atoms with E-state index >= 15 is 0 Å².